The monoisotopic (exact) mass is 346 g/mol. The summed E-state index contributed by atoms with van der Waals surface area (Å²) in [5.74, 6) is 16.4. The molecule has 3 heteroatoms. The van der Waals surface area contributed by atoms with Crippen molar-refractivity contribution in [2.75, 3.05) is 0 Å². The zero-order chi connectivity index (χ0) is 15.6. The van der Waals surface area contributed by atoms with Gasteiger partial charge in [0.2, 0.25) is 0 Å². The molecule has 21 heavy (non-hydrogen) atoms. The van der Waals surface area contributed by atoms with Crippen LogP contribution < -0.4 is 0 Å². The maximum absolute atomic E-state index is 10.3. The Morgan fingerprint density at radius 2 is 1.67 bits per heavy atom. The molecule has 0 rings (SSSR count). The second kappa shape index (κ2) is 16.2. The highest BCUT2D eigenvalue weighted by Crippen LogP contribution is 1.99. The summed E-state index contributed by atoms with van der Waals surface area (Å²) < 4.78 is 0. The number of hydrogen-bond acceptors (Lipinski definition) is 1. The van der Waals surface area contributed by atoms with Crippen LogP contribution in [0.2, 0.25) is 0 Å². The molecule has 2 nitrogen and oxygen atoms in total. The van der Waals surface area contributed by atoms with Crippen LogP contribution in [0.4, 0.5) is 0 Å². The zero-order valence-corrected chi connectivity index (χ0v) is 13.6. The summed E-state index contributed by atoms with van der Waals surface area (Å²) in [6.07, 6.45) is 11.0. The van der Waals surface area contributed by atoms with Crippen LogP contribution in [0.1, 0.15) is 44.9 Å². The van der Waals surface area contributed by atoms with E-state index in [0.717, 1.165) is 25.7 Å². The highest BCUT2D eigenvalue weighted by atomic mass is 79.9. The first kappa shape index (κ1) is 19.1. The van der Waals surface area contributed by atoms with Gasteiger partial charge in [-0.05, 0) is 54.7 Å². The topological polar surface area (TPSA) is 37.3 Å². The number of rotatable bonds is 7. The number of hydrogen-bond donors (Lipinski definition) is 1. The highest BCUT2D eigenvalue weighted by molar-refractivity contribution is 9.11. The minimum absolute atomic E-state index is 0.173. The van der Waals surface area contributed by atoms with Gasteiger partial charge in [0.25, 0.3) is 0 Å². The molecule has 0 aromatic heterocycles. The molecule has 0 heterocycles. The zero-order valence-electron chi connectivity index (χ0n) is 12.0. The van der Waals surface area contributed by atoms with Crippen LogP contribution in [0.15, 0.2) is 23.2 Å². The van der Waals surface area contributed by atoms with Crippen LogP contribution in [-0.2, 0) is 4.79 Å². The SMILES string of the molecule is O=C(O)CCCC#CC#CCCCCC=CC#CC=CBr. The molecule has 0 aliphatic rings. The molecular weight excluding hydrogens is 328 g/mol. The van der Waals surface area contributed by atoms with Gasteiger partial charge in [-0.25, -0.2) is 0 Å². The van der Waals surface area contributed by atoms with Crippen molar-refractivity contribution >= 4 is 21.9 Å². The summed E-state index contributed by atoms with van der Waals surface area (Å²) in [4.78, 5) is 12.0. The summed E-state index contributed by atoms with van der Waals surface area (Å²) in [6.45, 7) is 0. The van der Waals surface area contributed by atoms with Gasteiger partial charge in [-0.3, -0.25) is 4.79 Å². The van der Waals surface area contributed by atoms with E-state index in [-0.39, 0.29) is 6.42 Å². The van der Waals surface area contributed by atoms with Gasteiger partial charge in [0.15, 0.2) is 0 Å². The third-order valence-corrected chi connectivity index (χ3v) is 2.55. The van der Waals surface area contributed by atoms with Crippen molar-refractivity contribution in [3.05, 3.63) is 23.2 Å². The quantitative estimate of drug-likeness (QED) is 0.551. The average Bonchev–Trinajstić information content (AvgIpc) is 2.46. The maximum Gasteiger partial charge on any atom is 0.303 e. The molecule has 0 amide bonds. The number of carboxylic acid groups (broad SMARTS) is 1. The molecule has 0 aliphatic carbocycles. The van der Waals surface area contributed by atoms with Crippen molar-refractivity contribution in [3.63, 3.8) is 0 Å². The van der Waals surface area contributed by atoms with Crippen LogP contribution in [0.3, 0.4) is 0 Å². The Hall–Kier alpha value is -1.89. The second-order valence-corrected chi connectivity index (χ2v) is 4.61. The molecule has 0 radical (unpaired) electrons. The molecule has 0 bridgehead atoms. The van der Waals surface area contributed by atoms with Gasteiger partial charge in [-0.1, -0.05) is 45.7 Å². The van der Waals surface area contributed by atoms with Gasteiger partial charge in [0.05, 0.1) is 0 Å². The van der Waals surface area contributed by atoms with Crippen molar-refractivity contribution in [1.82, 2.24) is 0 Å². The lowest BCUT2D eigenvalue weighted by Gasteiger charge is -1.89. The first-order valence-electron chi connectivity index (χ1n) is 6.86. The van der Waals surface area contributed by atoms with Crippen LogP contribution in [0, 0.1) is 35.5 Å². The number of carboxylic acids is 1. The molecule has 110 valence electrons. The lowest BCUT2D eigenvalue weighted by molar-refractivity contribution is -0.137. The number of allylic oxidation sites excluding steroid dienone is 3. The Kier molecular flexibility index (Phi) is 14.7. The molecule has 0 aliphatic heterocycles. The lowest BCUT2D eigenvalue weighted by Crippen LogP contribution is -1.92. The minimum atomic E-state index is -0.775. The molecular formula is C18H19BrO2. The van der Waals surface area contributed by atoms with Gasteiger partial charge < -0.3 is 5.11 Å². The van der Waals surface area contributed by atoms with Gasteiger partial charge in [0.1, 0.15) is 0 Å². The fourth-order valence-electron chi connectivity index (χ4n) is 1.29. The molecule has 0 aromatic rings. The van der Waals surface area contributed by atoms with E-state index < -0.39 is 5.97 Å². The Morgan fingerprint density at radius 3 is 2.33 bits per heavy atom. The van der Waals surface area contributed by atoms with E-state index in [0.29, 0.717) is 12.8 Å². The van der Waals surface area contributed by atoms with Gasteiger partial charge >= 0.3 is 5.97 Å². The standard InChI is InChI=1S/C18H19BrO2/c19-17-15-13-11-9-7-5-3-1-2-4-6-8-10-12-14-16-18(20)21/h7,9,15,17H,1-3,5,12,14,16H2,(H,20,21). The van der Waals surface area contributed by atoms with Crippen LogP contribution in [-0.4, -0.2) is 11.1 Å². The van der Waals surface area contributed by atoms with Crippen LogP contribution in [0.25, 0.3) is 0 Å². The van der Waals surface area contributed by atoms with E-state index in [2.05, 4.69) is 57.5 Å². The fraction of sp³-hybridized carbons (Fsp3) is 0.389. The maximum atomic E-state index is 10.3. The number of unbranched alkanes of at least 4 members (excludes halogenated alkanes) is 4. The summed E-state index contributed by atoms with van der Waals surface area (Å²) in [5.41, 5.74) is 0. The van der Waals surface area contributed by atoms with Crippen molar-refractivity contribution in [2.24, 2.45) is 0 Å². The first-order chi connectivity index (χ1) is 10.3. The van der Waals surface area contributed by atoms with Crippen molar-refractivity contribution < 1.29 is 9.90 Å². The Labute approximate surface area is 135 Å². The normalized spacial score (nSPS) is 9.38. The third kappa shape index (κ3) is 18.1. The first-order valence-corrected chi connectivity index (χ1v) is 7.77. The molecule has 0 spiro atoms. The van der Waals surface area contributed by atoms with Crippen LogP contribution >= 0.6 is 15.9 Å². The van der Waals surface area contributed by atoms with E-state index in [1.165, 1.54) is 0 Å². The fourth-order valence-corrected chi connectivity index (χ4v) is 1.42. The van der Waals surface area contributed by atoms with E-state index in [4.69, 9.17) is 5.11 Å². The van der Waals surface area contributed by atoms with E-state index >= 15 is 0 Å². The highest BCUT2D eigenvalue weighted by Gasteiger charge is 1.92. The number of aliphatic carboxylic acids is 1. The van der Waals surface area contributed by atoms with Gasteiger partial charge in [0, 0.05) is 19.3 Å². The Balaban J connectivity index is 3.52. The molecule has 0 saturated heterocycles. The molecule has 1 N–H and O–H groups in total. The predicted molar refractivity (Wildman–Crippen MR) is 90.5 cm³/mol. The lowest BCUT2D eigenvalue weighted by atomic mass is 10.2. The van der Waals surface area contributed by atoms with Crippen molar-refractivity contribution in [1.29, 1.82) is 0 Å². The summed E-state index contributed by atoms with van der Waals surface area (Å²) in [6, 6.07) is 0. The largest absolute Gasteiger partial charge is 0.481 e. The second-order valence-electron chi connectivity index (χ2n) is 4.08. The van der Waals surface area contributed by atoms with Crippen molar-refractivity contribution in [3.8, 4) is 35.5 Å². The molecule has 0 fully saturated rings. The Bertz CT molecular complexity index is 525. The molecule has 0 aromatic carbocycles. The van der Waals surface area contributed by atoms with Crippen molar-refractivity contribution in [2.45, 2.75) is 44.9 Å². The Morgan fingerprint density at radius 1 is 1.00 bits per heavy atom. The van der Waals surface area contributed by atoms with E-state index in [1.54, 1.807) is 11.1 Å². The predicted octanol–water partition coefficient (Wildman–Crippen LogP) is 4.28. The van der Waals surface area contributed by atoms with E-state index in [1.807, 2.05) is 6.08 Å². The summed E-state index contributed by atoms with van der Waals surface area (Å²) >= 11 is 3.14. The molecule has 0 saturated carbocycles. The van der Waals surface area contributed by atoms with Crippen LogP contribution in [0.5, 0.6) is 0 Å². The average molecular weight is 347 g/mol. The van der Waals surface area contributed by atoms with E-state index in [9.17, 15) is 4.79 Å². The molecule has 0 atom stereocenters. The smallest absolute Gasteiger partial charge is 0.303 e. The minimum Gasteiger partial charge on any atom is -0.481 e. The summed E-state index contributed by atoms with van der Waals surface area (Å²) in [7, 11) is 0. The van der Waals surface area contributed by atoms with Gasteiger partial charge in [-0.2, -0.15) is 0 Å². The molecule has 0 unspecified atom stereocenters. The van der Waals surface area contributed by atoms with Gasteiger partial charge in [-0.15, -0.1) is 0 Å². The number of halogens is 1. The number of carbonyl (C=O) groups is 1. The third-order valence-electron chi connectivity index (χ3n) is 2.29. The summed E-state index contributed by atoms with van der Waals surface area (Å²) in [5, 5.41) is 8.44.